The fourth-order valence-electron chi connectivity index (χ4n) is 2.86. The zero-order valence-electron chi connectivity index (χ0n) is 15.1. The summed E-state index contributed by atoms with van der Waals surface area (Å²) in [4.78, 5) is 12.6. The van der Waals surface area contributed by atoms with E-state index in [1.807, 2.05) is 24.3 Å². The largest absolute Gasteiger partial charge is 0.493 e. The van der Waals surface area contributed by atoms with Crippen molar-refractivity contribution in [2.45, 2.75) is 6.54 Å². The molecule has 1 heterocycles. The number of aromatic nitrogens is 2. The maximum Gasteiger partial charge on any atom is 0.274 e. The highest BCUT2D eigenvalue weighted by atomic mass is 32.2. The summed E-state index contributed by atoms with van der Waals surface area (Å²) in [6.07, 6.45) is 0. The van der Waals surface area contributed by atoms with Gasteiger partial charge in [0.05, 0.1) is 25.3 Å². The third-order valence-corrected chi connectivity index (χ3v) is 4.54. The van der Waals surface area contributed by atoms with Crippen LogP contribution >= 0.6 is 0 Å². The van der Waals surface area contributed by atoms with Crippen LogP contribution in [0, 0.1) is 0 Å². The summed E-state index contributed by atoms with van der Waals surface area (Å²) in [6, 6.07) is 10.7. The summed E-state index contributed by atoms with van der Waals surface area (Å²) in [7, 11) is 4.62. The molecule has 1 aromatic heterocycles. The van der Waals surface area contributed by atoms with Gasteiger partial charge in [0.25, 0.3) is 5.56 Å². The number of benzene rings is 2. The maximum absolute atomic E-state index is 12.6. The van der Waals surface area contributed by atoms with Gasteiger partial charge in [0.2, 0.25) is 11.3 Å². The van der Waals surface area contributed by atoms with Gasteiger partial charge in [-0.2, -0.15) is 5.10 Å². The molecule has 2 N–H and O–H groups in total. The van der Waals surface area contributed by atoms with Crippen molar-refractivity contribution in [2.75, 3.05) is 14.2 Å². The fourth-order valence-corrected chi connectivity index (χ4v) is 3.15. The second-order valence-corrected chi connectivity index (χ2v) is 6.59. The molecule has 1 unspecified atom stereocenters. The van der Waals surface area contributed by atoms with Gasteiger partial charge in [0.15, 0.2) is 11.5 Å². The lowest BCUT2D eigenvalue weighted by Gasteiger charge is -2.13. The first-order valence-electron chi connectivity index (χ1n) is 8.01. The highest BCUT2D eigenvalue weighted by molar-refractivity contribution is 7.77. The number of methoxy groups -OCH3 is 2. The summed E-state index contributed by atoms with van der Waals surface area (Å²) in [5.74, 6) is 0.956. The Morgan fingerprint density at radius 3 is 2.44 bits per heavy atom. The van der Waals surface area contributed by atoms with Crippen molar-refractivity contribution in [2.24, 2.45) is 7.05 Å². The van der Waals surface area contributed by atoms with Gasteiger partial charge >= 0.3 is 0 Å². The number of fused-ring (bicyclic) bond motifs is 1. The molecule has 0 aliphatic carbocycles. The molecule has 3 aromatic rings. The van der Waals surface area contributed by atoms with E-state index in [0.717, 1.165) is 11.1 Å². The van der Waals surface area contributed by atoms with Crippen LogP contribution in [0.4, 0.5) is 0 Å². The van der Waals surface area contributed by atoms with Crippen LogP contribution in [0.5, 0.6) is 11.5 Å². The smallest absolute Gasteiger partial charge is 0.274 e. The lowest BCUT2D eigenvalue weighted by molar-refractivity contribution is 0.356. The topological polar surface area (TPSA) is 103 Å². The molecule has 3 rings (SSSR count). The van der Waals surface area contributed by atoms with E-state index in [-0.39, 0.29) is 12.1 Å². The highest BCUT2D eigenvalue weighted by Crippen LogP contribution is 2.34. The lowest BCUT2D eigenvalue weighted by atomic mass is 10.0. The van der Waals surface area contributed by atoms with Crippen LogP contribution in [0.25, 0.3) is 22.0 Å². The normalized spacial score (nSPS) is 12.1. The predicted molar refractivity (Wildman–Crippen MR) is 103 cm³/mol. The van der Waals surface area contributed by atoms with Crippen LogP contribution in [0.2, 0.25) is 0 Å². The Morgan fingerprint density at radius 2 is 1.81 bits per heavy atom. The molecule has 0 saturated heterocycles. The van der Waals surface area contributed by atoms with E-state index in [1.54, 1.807) is 19.2 Å². The molecular formula is C18H19N3O5S. The van der Waals surface area contributed by atoms with Crippen molar-refractivity contribution in [1.29, 1.82) is 0 Å². The molecule has 0 fully saturated rings. The second kappa shape index (κ2) is 7.87. The van der Waals surface area contributed by atoms with Gasteiger partial charge in [-0.1, -0.05) is 18.2 Å². The van der Waals surface area contributed by atoms with E-state index in [0.29, 0.717) is 28.0 Å². The van der Waals surface area contributed by atoms with Gasteiger partial charge in [-0.3, -0.25) is 9.35 Å². The van der Waals surface area contributed by atoms with Crippen molar-refractivity contribution < 1.29 is 18.2 Å². The first-order valence-corrected chi connectivity index (χ1v) is 9.12. The number of nitrogens with one attached hydrogen (secondary N) is 1. The van der Waals surface area contributed by atoms with Crippen LogP contribution in [0.1, 0.15) is 5.56 Å². The standard InChI is InChI=1S/C18H19N3O5S/c1-21-18(22)14-9-16(26-3)15(25-2)8-13(14)17(20-21)12-6-4-5-11(7-12)10-19-27(23)24/h4-9,19H,10H2,1-3H3,(H,23,24). The minimum absolute atomic E-state index is 0.220. The molecule has 0 spiro atoms. The first kappa shape index (κ1) is 19.0. The Morgan fingerprint density at radius 1 is 1.15 bits per heavy atom. The van der Waals surface area contributed by atoms with Gasteiger partial charge in [0, 0.05) is 24.5 Å². The fraction of sp³-hybridized carbons (Fsp3) is 0.222. The van der Waals surface area contributed by atoms with Crippen molar-refractivity contribution >= 4 is 22.0 Å². The van der Waals surface area contributed by atoms with Crippen molar-refractivity contribution in [3.05, 3.63) is 52.3 Å². The lowest BCUT2D eigenvalue weighted by Crippen LogP contribution is -2.20. The quantitative estimate of drug-likeness (QED) is 0.624. The zero-order chi connectivity index (χ0) is 19.6. The second-order valence-electron chi connectivity index (χ2n) is 5.80. The Balaban J connectivity index is 2.22. The summed E-state index contributed by atoms with van der Waals surface area (Å²) in [6.45, 7) is 0.220. The molecule has 2 aromatic carbocycles. The summed E-state index contributed by atoms with van der Waals surface area (Å²) in [5.41, 5.74) is 1.92. The molecule has 142 valence electrons. The predicted octanol–water partition coefficient (Wildman–Crippen LogP) is 1.84. The third-order valence-electron chi connectivity index (χ3n) is 4.15. The van der Waals surface area contributed by atoms with Gasteiger partial charge in [-0.25, -0.2) is 13.6 Å². The Bertz CT molecular complexity index is 1080. The van der Waals surface area contributed by atoms with Gasteiger partial charge in [-0.05, 0) is 23.8 Å². The van der Waals surface area contributed by atoms with Crippen LogP contribution in [-0.4, -0.2) is 32.8 Å². The minimum Gasteiger partial charge on any atom is -0.493 e. The number of rotatable bonds is 6. The molecule has 0 aliphatic heterocycles. The average molecular weight is 389 g/mol. The van der Waals surface area contributed by atoms with E-state index >= 15 is 0 Å². The van der Waals surface area contributed by atoms with E-state index in [2.05, 4.69) is 9.82 Å². The summed E-state index contributed by atoms with van der Waals surface area (Å²) in [5, 5.41) is 5.51. The molecule has 9 heteroatoms. The van der Waals surface area contributed by atoms with Crippen molar-refractivity contribution in [1.82, 2.24) is 14.5 Å². The van der Waals surface area contributed by atoms with Gasteiger partial charge < -0.3 is 9.47 Å². The molecule has 1 atom stereocenters. The van der Waals surface area contributed by atoms with Crippen LogP contribution in [-0.2, 0) is 24.9 Å². The van der Waals surface area contributed by atoms with E-state index < -0.39 is 11.3 Å². The average Bonchev–Trinajstić information content (AvgIpc) is 2.68. The van der Waals surface area contributed by atoms with E-state index in [1.165, 1.54) is 18.9 Å². The third kappa shape index (κ3) is 3.85. The van der Waals surface area contributed by atoms with Gasteiger partial charge in [-0.15, -0.1) is 0 Å². The SMILES string of the molecule is COc1cc2c(-c3cccc(CNS(=O)O)c3)nn(C)c(=O)c2cc1OC. The number of hydrogen-bond acceptors (Lipinski definition) is 5. The maximum atomic E-state index is 12.6. The van der Waals surface area contributed by atoms with Crippen molar-refractivity contribution in [3.63, 3.8) is 0 Å². The molecule has 0 radical (unpaired) electrons. The molecule has 8 nitrogen and oxygen atoms in total. The van der Waals surface area contributed by atoms with E-state index in [4.69, 9.17) is 14.0 Å². The Labute approximate surface area is 158 Å². The first-order chi connectivity index (χ1) is 12.9. The number of nitrogens with zero attached hydrogens (tertiary/aromatic N) is 2. The van der Waals surface area contributed by atoms with Crippen LogP contribution in [0.3, 0.4) is 0 Å². The summed E-state index contributed by atoms with van der Waals surface area (Å²) >= 11 is -2.10. The molecule has 0 aliphatic rings. The molecule has 0 bridgehead atoms. The monoisotopic (exact) mass is 389 g/mol. The van der Waals surface area contributed by atoms with E-state index in [9.17, 15) is 9.00 Å². The number of ether oxygens (including phenoxy) is 2. The van der Waals surface area contributed by atoms with Crippen LogP contribution in [0.15, 0.2) is 41.2 Å². The van der Waals surface area contributed by atoms with Crippen molar-refractivity contribution in [3.8, 4) is 22.8 Å². The molecule has 0 amide bonds. The number of hydrogen-bond donors (Lipinski definition) is 2. The van der Waals surface area contributed by atoms with Gasteiger partial charge in [0.1, 0.15) is 0 Å². The highest BCUT2D eigenvalue weighted by Gasteiger charge is 2.16. The zero-order valence-corrected chi connectivity index (χ0v) is 15.9. The molecular weight excluding hydrogens is 370 g/mol. The summed E-state index contributed by atoms with van der Waals surface area (Å²) < 4.78 is 34.1. The molecule has 27 heavy (non-hydrogen) atoms. The Kier molecular flexibility index (Phi) is 5.54. The number of aryl methyl sites for hydroxylation is 1. The Hall–Kier alpha value is -2.75. The van der Waals surface area contributed by atoms with Crippen LogP contribution < -0.4 is 19.8 Å². The minimum atomic E-state index is -2.10. The molecule has 0 saturated carbocycles.